The van der Waals surface area contributed by atoms with Crippen LogP contribution in [-0.2, 0) is 6.54 Å². The van der Waals surface area contributed by atoms with Gasteiger partial charge in [0.2, 0.25) is 0 Å². The summed E-state index contributed by atoms with van der Waals surface area (Å²) >= 11 is 1.35. The molecular weight excluding hydrogens is 503 g/mol. The van der Waals surface area contributed by atoms with E-state index in [2.05, 4.69) is 10.3 Å². The summed E-state index contributed by atoms with van der Waals surface area (Å²) in [7, 11) is 0. The number of aromatic nitrogens is 3. The summed E-state index contributed by atoms with van der Waals surface area (Å²) in [5.74, 6) is -0.697. The van der Waals surface area contributed by atoms with Gasteiger partial charge in [0.05, 0.1) is 28.1 Å². The number of likely N-dealkylation sites (tertiary alicyclic amines) is 1. The lowest BCUT2D eigenvalue weighted by Gasteiger charge is -2.36. The van der Waals surface area contributed by atoms with Crippen LogP contribution in [0.2, 0.25) is 0 Å². The third-order valence-corrected chi connectivity index (χ3v) is 8.77. The number of rotatable bonds is 5. The van der Waals surface area contributed by atoms with Crippen LogP contribution in [0.15, 0.2) is 42.5 Å². The summed E-state index contributed by atoms with van der Waals surface area (Å²) < 4.78 is 16.3. The number of hydrogen-bond acceptors (Lipinski definition) is 7. The van der Waals surface area contributed by atoms with Gasteiger partial charge in [0.1, 0.15) is 17.4 Å². The molecule has 2 aliphatic rings. The molecule has 2 aromatic heterocycles. The van der Waals surface area contributed by atoms with Crippen LogP contribution in [0.4, 0.5) is 4.39 Å². The molecule has 1 aliphatic carbocycles. The number of halogens is 1. The molecule has 0 bridgehead atoms. The van der Waals surface area contributed by atoms with E-state index in [-0.39, 0.29) is 17.5 Å². The SMILES string of the molecule is N#Cc1ccc(-c2cc(C(=O)N3CCC[C@@H](N)C3)sc2-c2ccc3c(c2)nnn3CC2(O)CCC2)cc1F. The summed E-state index contributed by atoms with van der Waals surface area (Å²) in [6.07, 6.45) is 4.28. The van der Waals surface area contributed by atoms with Crippen molar-refractivity contribution in [1.29, 1.82) is 5.26 Å². The summed E-state index contributed by atoms with van der Waals surface area (Å²) in [5.41, 5.74) is 8.96. The average Bonchev–Trinajstić information content (AvgIpc) is 3.52. The van der Waals surface area contributed by atoms with Crippen molar-refractivity contribution < 1.29 is 14.3 Å². The third kappa shape index (κ3) is 4.47. The van der Waals surface area contributed by atoms with Crippen molar-refractivity contribution >= 4 is 28.3 Å². The molecule has 6 rings (SSSR count). The molecule has 38 heavy (non-hydrogen) atoms. The number of fused-ring (bicyclic) bond motifs is 1. The number of piperidine rings is 1. The Kier molecular flexibility index (Phi) is 6.22. The van der Waals surface area contributed by atoms with E-state index < -0.39 is 11.4 Å². The molecule has 1 saturated heterocycles. The largest absolute Gasteiger partial charge is 0.388 e. The number of thiophene rings is 1. The third-order valence-electron chi connectivity index (χ3n) is 7.59. The quantitative estimate of drug-likeness (QED) is 0.397. The van der Waals surface area contributed by atoms with Gasteiger partial charge in [-0.2, -0.15) is 5.26 Å². The lowest BCUT2D eigenvalue weighted by molar-refractivity contribution is -0.0492. The molecule has 2 aromatic carbocycles. The van der Waals surface area contributed by atoms with Crippen molar-refractivity contribution in [3.8, 4) is 27.6 Å². The zero-order valence-electron chi connectivity index (χ0n) is 20.7. The first-order chi connectivity index (χ1) is 18.3. The second-order valence-electron chi connectivity index (χ2n) is 10.3. The van der Waals surface area contributed by atoms with Crippen LogP contribution in [0.25, 0.3) is 32.6 Å². The van der Waals surface area contributed by atoms with Gasteiger partial charge >= 0.3 is 0 Å². The van der Waals surface area contributed by atoms with Gasteiger partial charge in [-0.05, 0) is 73.6 Å². The number of nitriles is 1. The second-order valence-corrected chi connectivity index (χ2v) is 11.4. The number of nitrogens with two attached hydrogens (primary N) is 1. The lowest BCUT2D eigenvalue weighted by atomic mass is 9.80. The molecule has 4 aromatic rings. The average molecular weight is 531 g/mol. The predicted molar refractivity (Wildman–Crippen MR) is 143 cm³/mol. The molecule has 0 unspecified atom stereocenters. The Labute approximate surface area is 223 Å². The van der Waals surface area contributed by atoms with Gasteiger partial charge < -0.3 is 15.7 Å². The Morgan fingerprint density at radius 1 is 1.21 bits per heavy atom. The Bertz CT molecular complexity index is 1580. The van der Waals surface area contributed by atoms with E-state index in [9.17, 15) is 14.3 Å². The van der Waals surface area contributed by atoms with E-state index in [1.807, 2.05) is 24.3 Å². The maximum atomic E-state index is 14.6. The van der Waals surface area contributed by atoms with Gasteiger partial charge in [-0.3, -0.25) is 4.79 Å². The molecule has 1 aliphatic heterocycles. The molecule has 1 atom stereocenters. The molecule has 1 saturated carbocycles. The summed E-state index contributed by atoms with van der Waals surface area (Å²) in [4.78, 5) is 16.6. The normalized spacial score (nSPS) is 18.8. The number of aliphatic hydroxyl groups is 1. The van der Waals surface area contributed by atoms with Crippen LogP contribution in [-0.4, -0.2) is 55.6 Å². The first-order valence-electron chi connectivity index (χ1n) is 12.8. The van der Waals surface area contributed by atoms with Gasteiger partial charge in [-0.25, -0.2) is 9.07 Å². The number of carbonyl (C=O) groups is 1. The zero-order chi connectivity index (χ0) is 26.4. The summed E-state index contributed by atoms with van der Waals surface area (Å²) in [6, 6.07) is 13.9. The van der Waals surface area contributed by atoms with Crippen LogP contribution in [0, 0.1) is 17.1 Å². The molecule has 2 fully saturated rings. The number of benzene rings is 2. The fourth-order valence-electron chi connectivity index (χ4n) is 5.30. The minimum atomic E-state index is -0.730. The van der Waals surface area contributed by atoms with Gasteiger partial charge in [-0.1, -0.05) is 17.3 Å². The van der Waals surface area contributed by atoms with Crippen molar-refractivity contribution in [1.82, 2.24) is 19.9 Å². The van der Waals surface area contributed by atoms with Crippen LogP contribution in [0.3, 0.4) is 0 Å². The Hall–Kier alpha value is -3.65. The Morgan fingerprint density at radius 3 is 2.74 bits per heavy atom. The molecule has 1 amide bonds. The van der Waals surface area contributed by atoms with Crippen molar-refractivity contribution in [2.75, 3.05) is 13.1 Å². The standard InChI is InChI=1S/C28H27FN6O2S/c29-22-11-17(4-5-19(22)14-30)21-13-25(27(36)34-10-1-3-20(31)15-34)38-26(21)18-6-7-24-23(12-18)32-33-35(24)16-28(37)8-2-9-28/h4-7,11-13,20,37H,1-3,8-10,15-16,31H2/t20-/m1/s1. The van der Waals surface area contributed by atoms with Crippen molar-refractivity contribution in [3.63, 3.8) is 0 Å². The monoisotopic (exact) mass is 530 g/mol. The molecule has 3 heterocycles. The van der Waals surface area contributed by atoms with E-state index in [1.165, 1.54) is 23.5 Å². The number of amides is 1. The van der Waals surface area contributed by atoms with Gasteiger partial charge in [0, 0.05) is 29.6 Å². The minimum absolute atomic E-state index is 0.0321. The highest BCUT2D eigenvalue weighted by atomic mass is 32.1. The van der Waals surface area contributed by atoms with Crippen molar-refractivity contribution in [2.24, 2.45) is 5.73 Å². The van der Waals surface area contributed by atoms with Crippen LogP contribution < -0.4 is 5.73 Å². The smallest absolute Gasteiger partial charge is 0.264 e. The van der Waals surface area contributed by atoms with Crippen LogP contribution >= 0.6 is 11.3 Å². The van der Waals surface area contributed by atoms with Gasteiger partial charge in [0.15, 0.2) is 0 Å². The van der Waals surface area contributed by atoms with E-state index >= 15 is 0 Å². The Morgan fingerprint density at radius 2 is 2.03 bits per heavy atom. The topological polar surface area (TPSA) is 121 Å². The second kappa shape index (κ2) is 9.58. The first kappa shape index (κ1) is 24.7. The highest BCUT2D eigenvalue weighted by Crippen LogP contribution is 2.41. The number of carbonyl (C=O) groups excluding carboxylic acids is 1. The van der Waals surface area contributed by atoms with Crippen LogP contribution in [0.5, 0.6) is 0 Å². The molecule has 194 valence electrons. The zero-order valence-corrected chi connectivity index (χ0v) is 21.5. The molecule has 8 nitrogen and oxygen atoms in total. The lowest BCUT2D eigenvalue weighted by Crippen LogP contribution is -2.45. The highest BCUT2D eigenvalue weighted by Gasteiger charge is 2.35. The number of nitrogens with zero attached hydrogens (tertiary/aromatic N) is 5. The molecule has 0 radical (unpaired) electrons. The fraction of sp³-hybridized carbons (Fsp3) is 0.357. The summed E-state index contributed by atoms with van der Waals surface area (Å²) in [6.45, 7) is 1.56. The van der Waals surface area contributed by atoms with E-state index in [1.54, 1.807) is 21.7 Å². The number of hydrogen-bond donors (Lipinski definition) is 2. The van der Waals surface area contributed by atoms with E-state index in [0.29, 0.717) is 41.2 Å². The molecular formula is C28H27FN6O2S. The fourth-order valence-corrected chi connectivity index (χ4v) is 6.45. The van der Waals surface area contributed by atoms with Gasteiger partial charge in [0.25, 0.3) is 5.91 Å². The minimum Gasteiger partial charge on any atom is -0.388 e. The van der Waals surface area contributed by atoms with Crippen LogP contribution in [0.1, 0.15) is 47.3 Å². The maximum Gasteiger partial charge on any atom is 0.264 e. The molecule has 3 N–H and O–H groups in total. The predicted octanol–water partition coefficient (Wildman–Crippen LogP) is 4.32. The highest BCUT2D eigenvalue weighted by molar-refractivity contribution is 7.18. The molecule has 0 spiro atoms. The van der Waals surface area contributed by atoms with Gasteiger partial charge in [-0.15, -0.1) is 16.4 Å². The Balaban J connectivity index is 1.41. The van der Waals surface area contributed by atoms with E-state index in [0.717, 1.165) is 48.1 Å². The van der Waals surface area contributed by atoms with E-state index in [4.69, 9.17) is 11.0 Å². The maximum absolute atomic E-state index is 14.6. The molecule has 10 heteroatoms. The first-order valence-corrected chi connectivity index (χ1v) is 13.6. The van der Waals surface area contributed by atoms with Crippen molar-refractivity contribution in [3.05, 3.63) is 58.7 Å². The summed E-state index contributed by atoms with van der Waals surface area (Å²) in [5, 5.41) is 28.4. The van der Waals surface area contributed by atoms with Crippen molar-refractivity contribution in [2.45, 2.75) is 50.3 Å².